The second kappa shape index (κ2) is 2.71. The van der Waals surface area contributed by atoms with Crippen molar-refractivity contribution in [3.05, 3.63) is 0 Å². The molecule has 0 aromatic carbocycles. The highest BCUT2D eigenvalue weighted by Crippen LogP contribution is 2.42. The summed E-state index contributed by atoms with van der Waals surface area (Å²) in [6, 6.07) is 0.865. The molecule has 1 atom stereocenters. The monoisotopic (exact) mass is 180 g/mol. The second-order valence-electron chi connectivity index (χ2n) is 5.20. The lowest BCUT2D eigenvalue weighted by atomic mass is 9.88. The zero-order valence-corrected chi connectivity index (χ0v) is 8.55. The fourth-order valence-corrected chi connectivity index (χ4v) is 3.22. The van der Waals surface area contributed by atoms with Crippen LogP contribution in [0.25, 0.3) is 0 Å². The molecule has 3 fully saturated rings. The maximum Gasteiger partial charge on any atom is 0.0461 e. The molecular weight excluding hydrogens is 160 g/mol. The van der Waals surface area contributed by atoms with Crippen molar-refractivity contribution in [3.63, 3.8) is 0 Å². The van der Waals surface area contributed by atoms with Crippen LogP contribution in [0.1, 0.15) is 32.6 Å². The van der Waals surface area contributed by atoms with Gasteiger partial charge in [0.2, 0.25) is 0 Å². The molecule has 0 radical (unpaired) electrons. The third kappa shape index (κ3) is 1.15. The van der Waals surface area contributed by atoms with E-state index in [4.69, 9.17) is 0 Å². The van der Waals surface area contributed by atoms with Gasteiger partial charge in [0.25, 0.3) is 0 Å². The van der Waals surface area contributed by atoms with Crippen molar-refractivity contribution in [1.29, 1.82) is 0 Å². The highest BCUT2D eigenvalue weighted by Gasteiger charge is 2.49. The summed E-state index contributed by atoms with van der Waals surface area (Å²) in [5.41, 5.74) is 0.599. The Kier molecular flexibility index (Phi) is 1.72. The summed E-state index contributed by atoms with van der Waals surface area (Å²) in [7, 11) is 0. The third-order valence-corrected chi connectivity index (χ3v) is 4.35. The van der Waals surface area contributed by atoms with Gasteiger partial charge in [-0.3, -0.25) is 4.90 Å². The Bertz CT molecular complexity index is 206. The zero-order valence-electron chi connectivity index (χ0n) is 8.55. The standard InChI is InChI=1S/C11H20N2/c1-9(10-3-4-10)13-6-2-5-11(13)7-12-8-11/h9-10,12H,2-8H2,1H3. The van der Waals surface area contributed by atoms with Gasteiger partial charge < -0.3 is 5.32 Å². The molecule has 0 aromatic rings. The molecule has 1 aliphatic carbocycles. The summed E-state index contributed by atoms with van der Waals surface area (Å²) in [6.45, 7) is 6.32. The number of nitrogens with zero attached hydrogens (tertiary/aromatic N) is 1. The normalized spacial score (nSPS) is 34.8. The van der Waals surface area contributed by atoms with E-state index in [-0.39, 0.29) is 0 Å². The minimum atomic E-state index is 0.599. The van der Waals surface area contributed by atoms with Gasteiger partial charge in [-0.2, -0.15) is 0 Å². The van der Waals surface area contributed by atoms with Crippen molar-refractivity contribution in [3.8, 4) is 0 Å². The summed E-state index contributed by atoms with van der Waals surface area (Å²) in [4.78, 5) is 2.81. The van der Waals surface area contributed by atoms with Crippen LogP contribution in [0.5, 0.6) is 0 Å². The van der Waals surface area contributed by atoms with Crippen molar-refractivity contribution >= 4 is 0 Å². The van der Waals surface area contributed by atoms with Gasteiger partial charge in [-0.25, -0.2) is 0 Å². The van der Waals surface area contributed by atoms with Crippen molar-refractivity contribution < 1.29 is 0 Å². The molecule has 2 aliphatic heterocycles. The van der Waals surface area contributed by atoms with Crippen LogP contribution in [0.15, 0.2) is 0 Å². The lowest BCUT2D eigenvalue weighted by molar-refractivity contribution is 0.0384. The van der Waals surface area contributed by atoms with E-state index in [1.165, 1.54) is 45.3 Å². The Hall–Kier alpha value is -0.0800. The molecular formula is C11H20N2. The zero-order chi connectivity index (χ0) is 8.89. The largest absolute Gasteiger partial charge is 0.313 e. The number of rotatable bonds is 2. The van der Waals surface area contributed by atoms with Crippen molar-refractivity contribution in [2.24, 2.45) is 5.92 Å². The lowest BCUT2D eigenvalue weighted by Crippen LogP contribution is -2.68. The van der Waals surface area contributed by atoms with Crippen LogP contribution >= 0.6 is 0 Å². The second-order valence-corrected chi connectivity index (χ2v) is 5.20. The van der Waals surface area contributed by atoms with Crippen molar-refractivity contribution in [1.82, 2.24) is 10.2 Å². The molecule has 3 rings (SSSR count). The van der Waals surface area contributed by atoms with Crippen molar-refractivity contribution in [2.75, 3.05) is 19.6 Å². The Balaban J connectivity index is 1.73. The van der Waals surface area contributed by atoms with Gasteiger partial charge in [-0.15, -0.1) is 0 Å². The maximum absolute atomic E-state index is 3.45. The summed E-state index contributed by atoms with van der Waals surface area (Å²) in [5.74, 6) is 1.04. The number of hydrogen-bond donors (Lipinski definition) is 1. The Labute approximate surface area is 80.7 Å². The molecule has 1 spiro atoms. The highest BCUT2D eigenvalue weighted by atomic mass is 15.3. The molecule has 2 nitrogen and oxygen atoms in total. The number of hydrogen-bond acceptors (Lipinski definition) is 2. The molecule has 3 aliphatic rings. The first kappa shape index (κ1) is 8.25. The molecule has 13 heavy (non-hydrogen) atoms. The lowest BCUT2D eigenvalue weighted by Gasteiger charge is -2.49. The summed E-state index contributed by atoms with van der Waals surface area (Å²) in [6.07, 6.45) is 5.85. The fraction of sp³-hybridized carbons (Fsp3) is 1.00. The fourth-order valence-electron chi connectivity index (χ4n) is 3.22. The summed E-state index contributed by atoms with van der Waals surface area (Å²) >= 11 is 0. The van der Waals surface area contributed by atoms with Crippen LogP contribution in [0.3, 0.4) is 0 Å². The minimum Gasteiger partial charge on any atom is -0.313 e. The minimum absolute atomic E-state index is 0.599. The van der Waals surface area contributed by atoms with Crippen LogP contribution in [0.2, 0.25) is 0 Å². The first-order valence-electron chi connectivity index (χ1n) is 5.79. The first-order chi connectivity index (χ1) is 6.32. The van der Waals surface area contributed by atoms with E-state index >= 15 is 0 Å². The first-order valence-corrected chi connectivity index (χ1v) is 5.79. The van der Waals surface area contributed by atoms with Gasteiger partial charge >= 0.3 is 0 Å². The number of nitrogens with one attached hydrogen (secondary N) is 1. The van der Waals surface area contributed by atoms with Crippen LogP contribution in [0.4, 0.5) is 0 Å². The van der Waals surface area contributed by atoms with E-state index in [1.54, 1.807) is 0 Å². The predicted octanol–water partition coefficient (Wildman–Crippen LogP) is 1.22. The highest BCUT2D eigenvalue weighted by molar-refractivity contribution is 5.08. The van der Waals surface area contributed by atoms with Gasteiger partial charge in [0.05, 0.1) is 0 Å². The molecule has 2 heteroatoms. The Morgan fingerprint density at radius 1 is 1.38 bits per heavy atom. The summed E-state index contributed by atoms with van der Waals surface area (Å²) in [5, 5.41) is 3.45. The van der Waals surface area contributed by atoms with Gasteiger partial charge in [0, 0.05) is 24.7 Å². The quantitative estimate of drug-likeness (QED) is 0.687. The van der Waals surface area contributed by atoms with Gasteiger partial charge in [-0.05, 0) is 45.1 Å². The molecule has 1 N–H and O–H groups in total. The molecule has 0 amide bonds. The maximum atomic E-state index is 3.45. The van der Waals surface area contributed by atoms with Gasteiger partial charge in [-0.1, -0.05) is 0 Å². The van der Waals surface area contributed by atoms with Crippen molar-refractivity contribution in [2.45, 2.75) is 44.2 Å². The van der Waals surface area contributed by atoms with Crippen LogP contribution in [-0.2, 0) is 0 Å². The Morgan fingerprint density at radius 3 is 2.69 bits per heavy atom. The van der Waals surface area contributed by atoms with E-state index in [9.17, 15) is 0 Å². The Morgan fingerprint density at radius 2 is 2.15 bits per heavy atom. The van der Waals surface area contributed by atoms with Gasteiger partial charge in [0.1, 0.15) is 0 Å². The smallest absolute Gasteiger partial charge is 0.0461 e. The predicted molar refractivity (Wildman–Crippen MR) is 53.7 cm³/mol. The molecule has 1 unspecified atom stereocenters. The summed E-state index contributed by atoms with van der Waals surface area (Å²) < 4.78 is 0. The van der Waals surface area contributed by atoms with E-state index in [0.717, 1.165) is 12.0 Å². The molecule has 1 saturated carbocycles. The van der Waals surface area contributed by atoms with E-state index in [0.29, 0.717) is 5.54 Å². The average molecular weight is 180 g/mol. The molecule has 2 saturated heterocycles. The topological polar surface area (TPSA) is 15.3 Å². The molecule has 2 heterocycles. The molecule has 74 valence electrons. The van der Waals surface area contributed by atoms with Crippen LogP contribution < -0.4 is 5.32 Å². The van der Waals surface area contributed by atoms with Gasteiger partial charge in [0.15, 0.2) is 0 Å². The van der Waals surface area contributed by atoms with E-state index < -0.39 is 0 Å². The third-order valence-electron chi connectivity index (χ3n) is 4.35. The van der Waals surface area contributed by atoms with Crippen LogP contribution in [-0.4, -0.2) is 36.1 Å². The average Bonchev–Trinajstić information content (AvgIpc) is 2.79. The molecule has 0 bridgehead atoms. The van der Waals surface area contributed by atoms with Crippen LogP contribution in [0, 0.1) is 5.92 Å². The SMILES string of the molecule is CC(C1CC1)N1CCCC12CNC2. The van der Waals surface area contributed by atoms with E-state index in [1.807, 2.05) is 0 Å². The van der Waals surface area contributed by atoms with E-state index in [2.05, 4.69) is 17.1 Å². The molecule has 0 aromatic heterocycles. The number of likely N-dealkylation sites (tertiary alicyclic amines) is 1.